The predicted octanol–water partition coefficient (Wildman–Crippen LogP) is 3.23. The van der Waals surface area contributed by atoms with Gasteiger partial charge in [0.15, 0.2) is 0 Å². The molecule has 4 aromatic rings. The molecule has 4 heterocycles. The molecule has 0 amide bonds. The van der Waals surface area contributed by atoms with E-state index in [9.17, 15) is 4.79 Å². The third-order valence-corrected chi connectivity index (χ3v) is 5.95. The van der Waals surface area contributed by atoms with Crippen LogP contribution >= 0.6 is 0 Å². The van der Waals surface area contributed by atoms with Crippen molar-refractivity contribution in [3.8, 4) is 11.3 Å². The van der Waals surface area contributed by atoms with E-state index in [0.29, 0.717) is 11.0 Å². The number of pyridine rings is 1. The summed E-state index contributed by atoms with van der Waals surface area (Å²) in [7, 11) is 2.18. The maximum Gasteiger partial charge on any atom is 0.260 e. The van der Waals surface area contributed by atoms with Crippen molar-refractivity contribution in [3.05, 3.63) is 82.2 Å². The zero-order valence-corrected chi connectivity index (χ0v) is 18.1. The molecule has 0 aliphatic carbocycles. The molecule has 0 spiro atoms. The minimum absolute atomic E-state index is 0.150. The van der Waals surface area contributed by atoms with E-state index in [-0.39, 0.29) is 5.56 Å². The highest BCUT2D eigenvalue weighted by atomic mass is 16.1. The van der Waals surface area contributed by atoms with Crippen molar-refractivity contribution in [2.24, 2.45) is 0 Å². The maximum atomic E-state index is 12.0. The standard InChI is InChI=1S/C25H26N6O/c1-30-10-12-31(13-11-30)16-19-4-2-18(3-5-19)6-7-21-14-20(8-9-26-21)23-15-22-24(29-23)27-17-28-25(22)32/h2-9,14-15,17H,10-13,16H2,1H3,(H2,27,28,29,32). The number of hydrogen-bond donors (Lipinski definition) is 2. The highest BCUT2D eigenvalue weighted by Gasteiger charge is 2.13. The SMILES string of the molecule is CN1CCN(Cc2ccc(C=Cc3cc(-c4cc5c(=O)[nH]cnc5[nH]4)ccn3)cc2)CC1. The van der Waals surface area contributed by atoms with Gasteiger partial charge in [-0.05, 0) is 42.4 Å². The summed E-state index contributed by atoms with van der Waals surface area (Å²) >= 11 is 0. The molecule has 32 heavy (non-hydrogen) atoms. The van der Waals surface area contributed by atoms with Gasteiger partial charge < -0.3 is 14.9 Å². The van der Waals surface area contributed by atoms with Crippen LogP contribution in [-0.4, -0.2) is 63.0 Å². The van der Waals surface area contributed by atoms with E-state index in [0.717, 1.165) is 55.2 Å². The molecule has 0 saturated carbocycles. The van der Waals surface area contributed by atoms with Crippen LogP contribution in [0.25, 0.3) is 34.4 Å². The molecule has 2 N–H and O–H groups in total. The van der Waals surface area contributed by atoms with Crippen molar-refractivity contribution in [3.63, 3.8) is 0 Å². The van der Waals surface area contributed by atoms with Gasteiger partial charge in [-0.25, -0.2) is 4.98 Å². The Hall–Kier alpha value is -3.55. The second-order valence-corrected chi connectivity index (χ2v) is 8.30. The lowest BCUT2D eigenvalue weighted by Gasteiger charge is -2.32. The Balaban J connectivity index is 1.28. The summed E-state index contributed by atoms with van der Waals surface area (Å²) in [6.45, 7) is 5.53. The zero-order chi connectivity index (χ0) is 21.9. The fourth-order valence-corrected chi connectivity index (χ4v) is 3.99. The number of aromatic nitrogens is 4. The Bertz CT molecular complexity index is 1300. The van der Waals surface area contributed by atoms with E-state index in [4.69, 9.17) is 0 Å². The monoisotopic (exact) mass is 426 g/mol. The average molecular weight is 427 g/mol. The van der Waals surface area contributed by atoms with E-state index in [1.54, 1.807) is 6.20 Å². The fraction of sp³-hybridized carbons (Fsp3) is 0.240. The van der Waals surface area contributed by atoms with Crippen LogP contribution in [-0.2, 0) is 6.54 Å². The summed E-state index contributed by atoms with van der Waals surface area (Å²) in [4.78, 5) is 31.3. The smallest absolute Gasteiger partial charge is 0.260 e. The van der Waals surface area contributed by atoms with Crippen LogP contribution < -0.4 is 5.56 Å². The van der Waals surface area contributed by atoms with E-state index in [1.807, 2.05) is 24.3 Å². The van der Waals surface area contributed by atoms with Gasteiger partial charge in [-0.1, -0.05) is 30.3 Å². The van der Waals surface area contributed by atoms with Gasteiger partial charge in [0.2, 0.25) is 0 Å². The molecule has 7 nitrogen and oxygen atoms in total. The number of fused-ring (bicyclic) bond motifs is 1. The topological polar surface area (TPSA) is 80.9 Å². The minimum atomic E-state index is -0.150. The van der Waals surface area contributed by atoms with Gasteiger partial charge in [0.25, 0.3) is 5.56 Å². The average Bonchev–Trinajstić information content (AvgIpc) is 3.26. The number of nitrogens with zero attached hydrogens (tertiary/aromatic N) is 4. The number of piperazine rings is 1. The van der Waals surface area contributed by atoms with Crippen molar-refractivity contribution < 1.29 is 0 Å². The second-order valence-electron chi connectivity index (χ2n) is 8.30. The largest absolute Gasteiger partial charge is 0.339 e. The third kappa shape index (κ3) is 4.54. The molecular weight excluding hydrogens is 400 g/mol. The summed E-state index contributed by atoms with van der Waals surface area (Å²) in [5.74, 6) is 0. The normalized spacial score (nSPS) is 15.7. The molecule has 162 valence electrons. The maximum absolute atomic E-state index is 12.0. The minimum Gasteiger partial charge on any atom is -0.339 e. The zero-order valence-electron chi connectivity index (χ0n) is 18.1. The molecule has 0 unspecified atom stereocenters. The molecule has 0 bridgehead atoms. The Morgan fingerprint density at radius 2 is 1.81 bits per heavy atom. The summed E-state index contributed by atoms with van der Waals surface area (Å²) < 4.78 is 0. The van der Waals surface area contributed by atoms with Crippen LogP contribution in [0.15, 0.2) is 59.8 Å². The van der Waals surface area contributed by atoms with Crippen molar-refractivity contribution in [1.82, 2.24) is 29.7 Å². The quantitative estimate of drug-likeness (QED) is 0.512. The van der Waals surface area contributed by atoms with Crippen LogP contribution in [0.1, 0.15) is 16.8 Å². The molecule has 0 atom stereocenters. The van der Waals surface area contributed by atoms with Crippen LogP contribution in [0.4, 0.5) is 0 Å². The lowest BCUT2D eigenvalue weighted by atomic mass is 10.1. The Labute approximate surface area is 186 Å². The number of rotatable bonds is 5. The first-order chi connectivity index (χ1) is 15.6. The van der Waals surface area contributed by atoms with Crippen molar-refractivity contribution in [1.29, 1.82) is 0 Å². The summed E-state index contributed by atoms with van der Waals surface area (Å²) in [5, 5.41) is 0.549. The highest BCUT2D eigenvalue weighted by Crippen LogP contribution is 2.22. The predicted molar refractivity (Wildman–Crippen MR) is 128 cm³/mol. The molecule has 1 aliphatic rings. The van der Waals surface area contributed by atoms with Gasteiger partial charge in [0.05, 0.1) is 17.4 Å². The van der Waals surface area contributed by atoms with E-state index >= 15 is 0 Å². The van der Waals surface area contributed by atoms with E-state index < -0.39 is 0 Å². The molecule has 0 radical (unpaired) electrons. The second kappa shape index (κ2) is 8.90. The number of aromatic amines is 2. The Morgan fingerprint density at radius 3 is 2.59 bits per heavy atom. The van der Waals surface area contributed by atoms with Gasteiger partial charge in [0.1, 0.15) is 5.65 Å². The van der Waals surface area contributed by atoms with Gasteiger partial charge in [-0.2, -0.15) is 0 Å². The van der Waals surface area contributed by atoms with Crippen molar-refractivity contribution in [2.75, 3.05) is 33.2 Å². The number of H-pyrrole nitrogens is 2. The molecular formula is C25H26N6O. The molecule has 1 aromatic carbocycles. The number of nitrogens with one attached hydrogen (secondary N) is 2. The van der Waals surface area contributed by atoms with E-state index in [2.05, 4.69) is 67.1 Å². The van der Waals surface area contributed by atoms with Crippen LogP contribution in [0, 0.1) is 0 Å². The van der Waals surface area contributed by atoms with Gasteiger partial charge in [-0.15, -0.1) is 0 Å². The molecule has 1 aliphatic heterocycles. The Morgan fingerprint density at radius 1 is 1.00 bits per heavy atom. The Kier molecular flexibility index (Phi) is 5.66. The first-order valence-electron chi connectivity index (χ1n) is 10.8. The van der Waals surface area contributed by atoms with Crippen LogP contribution in [0.3, 0.4) is 0 Å². The van der Waals surface area contributed by atoms with Crippen molar-refractivity contribution >= 4 is 23.2 Å². The van der Waals surface area contributed by atoms with E-state index in [1.165, 1.54) is 11.9 Å². The number of likely N-dealkylation sites (N-methyl/N-ethyl adjacent to an activating group) is 1. The molecule has 5 rings (SSSR count). The summed E-state index contributed by atoms with van der Waals surface area (Å²) in [6.07, 6.45) is 7.26. The summed E-state index contributed by atoms with van der Waals surface area (Å²) in [5.41, 5.74) is 5.56. The number of hydrogen-bond acceptors (Lipinski definition) is 5. The highest BCUT2D eigenvalue weighted by molar-refractivity contribution is 5.82. The molecule has 3 aromatic heterocycles. The first-order valence-corrected chi connectivity index (χ1v) is 10.8. The van der Waals surface area contributed by atoms with Crippen LogP contribution in [0.5, 0.6) is 0 Å². The number of benzene rings is 1. The van der Waals surface area contributed by atoms with Gasteiger partial charge in [0, 0.05) is 50.2 Å². The van der Waals surface area contributed by atoms with Gasteiger partial charge >= 0.3 is 0 Å². The lowest BCUT2D eigenvalue weighted by Crippen LogP contribution is -2.43. The fourth-order valence-electron chi connectivity index (χ4n) is 3.99. The first kappa shape index (κ1) is 20.4. The molecule has 1 saturated heterocycles. The van der Waals surface area contributed by atoms with Crippen LogP contribution in [0.2, 0.25) is 0 Å². The molecule has 7 heteroatoms. The lowest BCUT2D eigenvalue weighted by molar-refractivity contribution is 0.148. The van der Waals surface area contributed by atoms with Gasteiger partial charge in [-0.3, -0.25) is 14.7 Å². The summed E-state index contributed by atoms with van der Waals surface area (Å²) in [6, 6.07) is 14.5. The molecule has 1 fully saturated rings. The van der Waals surface area contributed by atoms with Crippen molar-refractivity contribution in [2.45, 2.75) is 6.54 Å². The third-order valence-electron chi connectivity index (χ3n) is 5.95.